The second-order valence-electron chi connectivity index (χ2n) is 7.43. The summed E-state index contributed by atoms with van der Waals surface area (Å²) in [4.78, 5) is 22.0. The maximum Gasteiger partial charge on any atom is 0.266 e. The van der Waals surface area contributed by atoms with Crippen LogP contribution in [-0.4, -0.2) is 55.7 Å². The zero-order chi connectivity index (χ0) is 22.4. The van der Waals surface area contributed by atoms with E-state index in [0.29, 0.717) is 17.4 Å². The number of methoxy groups -OCH3 is 1. The highest BCUT2D eigenvalue weighted by molar-refractivity contribution is 7.22. The molecule has 0 saturated carbocycles. The molecule has 3 rings (SSSR count). The number of hydrogen-bond donors (Lipinski definition) is 0. The summed E-state index contributed by atoms with van der Waals surface area (Å²) in [7, 11) is 1.64. The number of ether oxygens (including phenoxy) is 2. The second-order valence-corrected chi connectivity index (χ2v) is 8.41. The van der Waals surface area contributed by atoms with E-state index in [0.717, 1.165) is 46.7 Å². The Labute approximate surface area is 200 Å². The van der Waals surface area contributed by atoms with Crippen LogP contribution < -0.4 is 14.4 Å². The monoisotopic (exact) mass is 477 g/mol. The number of anilines is 1. The molecule has 1 amide bonds. The number of benzene rings is 2. The highest BCUT2D eigenvalue weighted by Crippen LogP contribution is 2.36. The van der Waals surface area contributed by atoms with Gasteiger partial charge in [-0.15, -0.1) is 12.4 Å². The zero-order valence-corrected chi connectivity index (χ0v) is 21.0. The first-order chi connectivity index (χ1) is 15.0. The Morgan fingerprint density at radius 2 is 1.72 bits per heavy atom. The third-order valence-electron chi connectivity index (χ3n) is 5.36. The molecule has 0 radical (unpaired) electrons. The van der Waals surface area contributed by atoms with Crippen molar-refractivity contribution in [2.24, 2.45) is 0 Å². The lowest BCUT2D eigenvalue weighted by Crippen LogP contribution is -2.41. The summed E-state index contributed by atoms with van der Waals surface area (Å²) in [5.41, 5.74) is 3.06. The van der Waals surface area contributed by atoms with Gasteiger partial charge >= 0.3 is 0 Å². The molecule has 0 spiro atoms. The van der Waals surface area contributed by atoms with Crippen LogP contribution in [0, 0.1) is 13.8 Å². The summed E-state index contributed by atoms with van der Waals surface area (Å²) in [6.07, 6.45) is 0. The van der Waals surface area contributed by atoms with Crippen LogP contribution in [0.25, 0.3) is 10.2 Å². The first-order valence-corrected chi connectivity index (χ1v) is 11.4. The zero-order valence-electron chi connectivity index (χ0n) is 19.4. The number of nitrogens with zero attached hydrogens (tertiary/aromatic N) is 3. The molecule has 1 aromatic heterocycles. The van der Waals surface area contributed by atoms with Crippen molar-refractivity contribution < 1.29 is 14.3 Å². The summed E-state index contributed by atoms with van der Waals surface area (Å²) in [6, 6.07) is 11.7. The van der Waals surface area contributed by atoms with Gasteiger partial charge in [0.05, 0.1) is 11.8 Å². The Hall–Kier alpha value is -2.35. The molecule has 8 heteroatoms. The number of likely N-dealkylation sites (N-methyl/N-ethyl adjacent to an activating group) is 1. The van der Waals surface area contributed by atoms with Gasteiger partial charge in [0.25, 0.3) is 5.91 Å². The van der Waals surface area contributed by atoms with Gasteiger partial charge in [-0.3, -0.25) is 9.69 Å². The maximum atomic E-state index is 13.2. The first kappa shape index (κ1) is 25.9. The number of halogens is 1. The number of aryl methyl sites for hydroxylation is 2. The van der Waals surface area contributed by atoms with Crippen LogP contribution in [0.4, 0.5) is 5.13 Å². The van der Waals surface area contributed by atoms with Crippen molar-refractivity contribution in [3.05, 3.63) is 47.5 Å². The van der Waals surface area contributed by atoms with E-state index in [1.807, 2.05) is 50.2 Å². The first-order valence-electron chi connectivity index (χ1n) is 10.6. The average molecular weight is 478 g/mol. The smallest absolute Gasteiger partial charge is 0.266 e. The van der Waals surface area contributed by atoms with Gasteiger partial charge in [0, 0.05) is 13.1 Å². The number of rotatable bonds is 10. The van der Waals surface area contributed by atoms with Crippen LogP contribution >= 0.6 is 23.7 Å². The second kappa shape index (κ2) is 12.0. The van der Waals surface area contributed by atoms with Crippen LogP contribution in [-0.2, 0) is 4.79 Å². The minimum absolute atomic E-state index is 0. The van der Waals surface area contributed by atoms with Crippen molar-refractivity contribution in [1.29, 1.82) is 0 Å². The van der Waals surface area contributed by atoms with E-state index in [4.69, 9.17) is 14.5 Å². The molecule has 0 atom stereocenters. The van der Waals surface area contributed by atoms with Gasteiger partial charge in [-0.25, -0.2) is 4.98 Å². The Morgan fingerprint density at radius 1 is 1.03 bits per heavy atom. The lowest BCUT2D eigenvalue weighted by atomic mass is 10.2. The standard InChI is InChI=1S/C24H31N3O3S.ClH/c1-6-26(7-2)14-15-27(21(28)16-30-19-11-8-17(3)9-12-19)24-25-22-20(29-5)13-10-18(4)23(22)31-24;/h8-13H,6-7,14-16H2,1-5H3;1H. The van der Waals surface area contributed by atoms with E-state index in [2.05, 4.69) is 18.7 Å². The third kappa shape index (κ3) is 6.12. The number of amides is 1. The van der Waals surface area contributed by atoms with Crippen molar-refractivity contribution in [3.8, 4) is 11.5 Å². The number of hydrogen-bond acceptors (Lipinski definition) is 6. The molecule has 0 N–H and O–H groups in total. The molecule has 0 aliphatic heterocycles. The molecule has 2 aromatic carbocycles. The summed E-state index contributed by atoms with van der Waals surface area (Å²) < 4.78 is 12.3. The van der Waals surface area contributed by atoms with Crippen molar-refractivity contribution in [3.63, 3.8) is 0 Å². The molecule has 0 saturated heterocycles. The predicted octanol–water partition coefficient (Wildman–Crippen LogP) is 5.10. The van der Waals surface area contributed by atoms with E-state index in [1.54, 1.807) is 12.0 Å². The molecule has 32 heavy (non-hydrogen) atoms. The highest BCUT2D eigenvalue weighted by Gasteiger charge is 2.22. The largest absolute Gasteiger partial charge is 0.494 e. The highest BCUT2D eigenvalue weighted by atomic mass is 35.5. The molecule has 174 valence electrons. The fourth-order valence-electron chi connectivity index (χ4n) is 3.34. The summed E-state index contributed by atoms with van der Waals surface area (Å²) in [5, 5.41) is 0.673. The molecule has 0 unspecified atom stereocenters. The van der Waals surface area contributed by atoms with Crippen molar-refractivity contribution >= 4 is 45.0 Å². The van der Waals surface area contributed by atoms with Crippen molar-refractivity contribution in [1.82, 2.24) is 9.88 Å². The molecule has 6 nitrogen and oxygen atoms in total. The van der Waals surface area contributed by atoms with Crippen molar-refractivity contribution in [2.75, 3.05) is 44.8 Å². The van der Waals surface area contributed by atoms with Gasteiger partial charge in [-0.05, 0) is 50.7 Å². The Bertz CT molecular complexity index is 1020. The maximum absolute atomic E-state index is 13.2. The Kier molecular flexibility index (Phi) is 9.75. The summed E-state index contributed by atoms with van der Waals surface area (Å²) in [6.45, 7) is 11.5. The van der Waals surface area contributed by atoms with E-state index in [9.17, 15) is 4.79 Å². The molecule has 1 heterocycles. The van der Waals surface area contributed by atoms with Gasteiger partial charge in [0.1, 0.15) is 17.0 Å². The van der Waals surface area contributed by atoms with E-state index in [-0.39, 0.29) is 24.9 Å². The SMILES string of the molecule is CCN(CC)CCN(C(=O)COc1ccc(C)cc1)c1nc2c(OC)ccc(C)c2s1.Cl. The number of carbonyl (C=O) groups is 1. The number of aromatic nitrogens is 1. The molecule has 0 aliphatic rings. The Balaban J connectivity index is 0.00000363. The Morgan fingerprint density at radius 3 is 2.34 bits per heavy atom. The topological polar surface area (TPSA) is 54.9 Å². The van der Waals surface area contributed by atoms with Crippen LogP contribution in [0.5, 0.6) is 11.5 Å². The van der Waals surface area contributed by atoms with Crippen molar-refractivity contribution in [2.45, 2.75) is 27.7 Å². The third-order valence-corrected chi connectivity index (χ3v) is 6.58. The number of fused-ring (bicyclic) bond motifs is 1. The van der Waals surface area contributed by atoms with Crippen LogP contribution in [0.3, 0.4) is 0 Å². The van der Waals surface area contributed by atoms with Gasteiger partial charge in [-0.2, -0.15) is 0 Å². The fourth-order valence-corrected chi connectivity index (χ4v) is 4.44. The summed E-state index contributed by atoms with van der Waals surface area (Å²) >= 11 is 1.52. The minimum atomic E-state index is -0.108. The van der Waals surface area contributed by atoms with Crippen LogP contribution in [0.2, 0.25) is 0 Å². The number of thiazole rings is 1. The fraction of sp³-hybridized carbons (Fsp3) is 0.417. The number of carbonyl (C=O) groups excluding carboxylic acids is 1. The summed E-state index contributed by atoms with van der Waals surface area (Å²) in [5.74, 6) is 1.29. The van der Waals surface area contributed by atoms with Gasteiger partial charge < -0.3 is 14.4 Å². The van der Waals surface area contributed by atoms with E-state index < -0.39 is 0 Å². The van der Waals surface area contributed by atoms with E-state index in [1.165, 1.54) is 11.3 Å². The van der Waals surface area contributed by atoms with Gasteiger partial charge in [-0.1, -0.05) is 48.9 Å². The molecule has 0 aliphatic carbocycles. The molecular formula is C24H32ClN3O3S. The minimum Gasteiger partial charge on any atom is -0.494 e. The van der Waals surface area contributed by atoms with Crippen LogP contribution in [0.1, 0.15) is 25.0 Å². The van der Waals surface area contributed by atoms with Crippen LogP contribution in [0.15, 0.2) is 36.4 Å². The normalized spacial score (nSPS) is 10.8. The van der Waals surface area contributed by atoms with Gasteiger partial charge in [0.2, 0.25) is 0 Å². The average Bonchev–Trinajstić information content (AvgIpc) is 3.22. The molecule has 3 aromatic rings. The quantitative estimate of drug-likeness (QED) is 0.406. The van der Waals surface area contributed by atoms with Gasteiger partial charge in [0.15, 0.2) is 11.7 Å². The molecule has 0 fully saturated rings. The molecular weight excluding hydrogens is 446 g/mol. The predicted molar refractivity (Wildman–Crippen MR) is 135 cm³/mol. The van der Waals surface area contributed by atoms with E-state index >= 15 is 0 Å². The lowest BCUT2D eigenvalue weighted by Gasteiger charge is -2.24. The lowest BCUT2D eigenvalue weighted by molar-refractivity contribution is -0.120. The molecule has 0 bridgehead atoms.